The molecule has 1 N–H and O–H groups in total. The van der Waals surface area contributed by atoms with Crippen molar-refractivity contribution < 1.29 is 33.0 Å². The highest BCUT2D eigenvalue weighted by atomic mass is 28.4. The Morgan fingerprint density at radius 2 is 1.37 bits per heavy atom. The number of hydrogen-bond donors (Lipinski definition) is 1. The molecule has 0 spiro atoms. The van der Waals surface area contributed by atoms with Crippen LogP contribution in [0.3, 0.4) is 0 Å². The van der Waals surface area contributed by atoms with E-state index in [1.54, 1.807) is 20.8 Å². The van der Waals surface area contributed by atoms with Gasteiger partial charge in [0.1, 0.15) is 18.2 Å². The highest BCUT2D eigenvalue weighted by Crippen LogP contribution is 2.36. The van der Waals surface area contributed by atoms with E-state index in [0.717, 1.165) is 10.4 Å². The molecule has 0 aliphatic heterocycles. The first-order chi connectivity index (χ1) is 17.8. The van der Waals surface area contributed by atoms with Crippen LogP contribution in [0.1, 0.15) is 54.4 Å². The van der Waals surface area contributed by atoms with Crippen LogP contribution in [0, 0.1) is 0 Å². The van der Waals surface area contributed by atoms with Crippen molar-refractivity contribution in [3.63, 3.8) is 0 Å². The number of rotatable bonds is 11. The summed E-state index contributed by atoms with van der Waals surface area (Å²) in [6, 6.07) is 19.3. The third-order valence-corrected chi connectivity index (χ3v) is 10.9. The minimum absolute atomic E-state index is 0.0195. The largest absolute Gasteiger partial charge is 0.469 e. The highest BCUT2D eigenvalue weighted by Gasteiger charge is 2.50. The van der Waals surface area contributed by atoms with Crippen LogP contribution in [0.5, 0.6) is 0 Å². The van der Waals surface area contributed by atoms with Gasteiger partial charge in [0.05, 0.1) is 13.7 Å². The zero-order valence-corrected chi connectivity index (χ0v) is 24.5. The molecule has 0 radical (unpaired) electrons. The van der Waals surface area contributed by atoms with Crippen LogP contribution in [0.4, 0.5) is 4.79 Å². The number of esters is 2. The van der Waals surface area contributed by atoms with Crippen LogP contribution in [0.15, 0.2) is 60.7 Å². The summed E-state index contributed by atoms with van der Waals surface area (Å²) in [5, 5.41) is 4.55. The number of carbonyl (C=O) groups excluding carboxylic acids is 3. The molecule has 9 heteroatoms. The average Bonchev–Trinajstić information content (AvgIpc) is 2.85. The van der Waals surface area contributed by atoms with Crippen LogP contribution in [0.2, 0.25) is 5.04 Å². The van der Waals surface area contributed by atoms with Crippen molar-refractivity contribution in [3.8, 4) is 0 Å². The van der Waals surface area contributed by atoms with Gasteiger partial charge in [-0.1, -0.05) is 81.4 Å². The van der Waals surface area contributed by atoms with Gasteiger partial charge < -0.3 is 24.0 Å². The summed E-state index contributed by atoms with van der Waals surface area (Å²) in [6.07, 6.45) is -0.829. The van der Waals surface area contributed by atoms with Crippen LogP contribution in [-0.2, 0) is 28.2 Å². The van der Waals surface area contributed by atoms with Crippen LogP contribution < -0.4 is 15.7 Å². The Morgan fingerprint density at radius 3 is 1.82 bits per heavy atom. The number of hydrogen-bond acceptors (Lipinski definition) is 7. The minimum atomic E-state index is -2.76. The molecule has 0 heterocycles. The van der Waals surface area contributed by atoms with Crippen LogP contribution >= 0.6 is 0 Å². The molecule has 1 atom stereocenters. The molecule has 2 aromatic rings. The molecule has 0 aromatic heterocycles. The third-order valence-electron chi connectivity index (χ3n) is 5.90. The van der Waals surface area contributed by atoms with E-state index in [1.807, 2.05) is 36.4 Å². The lowest BCUT2D eigenvalue weighted by atomic mass is 10.1. The Bertz CT molecular complexity index is 1010. The van der Waals surface area contributed by atoms with E-state index in [9.17, 15) is 14.4 Å². The van der Waals surface area contributed by atoms with Crippen molar-refractivity contribution in [3.05, 3.63) is 60.7 Å². The first-order valence-electron chi connectivity index (χ1n) is 12.8. The summed E-state index contributed by atoms with van der Waals surface area (Å²) < 4.78 is 22.1. The maximum atomic E-state index is 12.6. The highest BCUT2D eigenvalue weighted by molar-refractivity contribution is 6.99. The first-order valence-corrected chi connectivity index (χ1v) is 14.7. The lowest BCUT2D eigenvalue weighted by molar-refractivity contribution is -0.157. The van der Waals surface area contributed by atoms with Gasteiger partial charge in [-0.2, -0.15) is 0 Å². The van der Waals surface area contributed by atoms with Crippen LogP contribution in [-0.4, -0.2) is 58.3 Å². The van der Waals surface area contributed by atoms with Gasteiger partial charge in [-0.05, 0) is 42.6 Å². The molecule has 1 amide bonds. The molecule has 208 valence electrons. The number of amides is 1. The molecular formula is C29H41NO7Si. The molecule has 38 heavy (non-hydrogen) atoms. The molecule has 0 saturated carbocycles. The van der Waals surface area contributed by atoms with Crippen molar-refractivity contribution in [2.75, 3.05) is 20.3 Å². The van der Waals surface area contributed by atoms with Gasteiger partial charge in [0, 0.05) is 6.42 Å². The number of carbonyl (C=O) groups is 3. The quantitative estimate of drug-likeness (QED) is 0.198. The maximum absolute atomic E-state index is 12.6. The fraction of sp³-hybridized carbons (Fsp3) is 0.483. The number of benzene rings is 2. The number of nitrogens with one attached hydrogen (secondary N) is 1. The van der Waals surface area contributed by atoms with Crippen LogP contribution in [0.25, 0.3) is 0 Å². The fourth-order valence-electron chi connectivity index (χ4n) is 4.26. The first kappa shape index (κ1) is 31.0. The predicted octanol–water partition coefficient (Wildman–Crippen LogP) is 3.95. The van der Waals surface area contributed by atoms with Gasteiger partial charge in [-0.25, -0.2) is 9.59 Å². The van der Waals surface area contributed by atoms with E-state index < -0.39 is 38.0 Å². The fourth-order valence-corrected chi connectivity index (χ4v) is 8.81. The number of methoxy groups -OCH3 is 1. The SMILES string of the molecule is COC(=O)CC[C@H](NC(=O)OCCO[Si](c1ccccc1)(c1ccccc1)C(C)(C)C)C(=O)OC(C)(C)C. The molecule has 0 saturated heterocycles. The summed E-state index contributed by atoms with van der Waals surface area (Å²) in [6.45, 7) is 11.8. The van der Waals surface area contributed by atoms with Crippen molar-refractivity contribution >= 4 is 36.7 Å². The Morgan fingerprint density at radius 1 is 0.842 bits per heavy atom. The van der Waals surface area contributed by atoms with E-state index in [4.69, 9.17) is 13.9 Å². The Labute approximate surface area is 227 Å². The lowest BCUT2D eigenvalue weighted by Gasteiger charge is -2.43. The standard InChI is InChI=1S/C29H41NO7Si/c1-28(2,3)37-26(32)24(18-19-25(31)34-7)30-27(33)35-20-21-36-38(29(4,5)6,22-14-10-8-11-15-22)23-16-12-9-13-17-23/h8-17,24H,18-21H2,1-7H3,(H,30,33)/t24-/m0/s1. The van der Waals surface area contributed by atoms with E-state index >= 15 is 0 Å². The second-order valence-corrected chi connectivity index (χ2v) is 15.3. The Balaban J connectivity index is 2.12. The topological polar surface area (TPSA) is 100 Å². The molecule has 0 aliphatic rings. The smallest absolute Gasteiger partial charge is 0.407 e. The zero-order chi connectivity index (χ0) is 28.4. The summed E-state index contributed by atoms with van der Waals surface area (Å²) in [7, 11) is -1.50. The number of alkyl carbamates (subject to hydrolysis) is 1. The lowest BCUT2D eigenvalue weighted by Crippen LogP contribution is -2.66. The summed E-state index contributed by atoms with van der Waals surface area (Å²) in [5.74, 6) is -1.14. The van der Waals surface area contributed by atoms with Crippen molar-refractivity contribution in [2.45, 2.75) is 71.1 Å². The molecule has 8 nitrogen and oxygen atoms in total. The average molecular weight is 544 g/mol. The normalized spacial score (nSPS) is 12.8. The zero-order valence-electron chi connectivity index (χ0n) is 23.5. The summed E-state index contributed by atoms with van der Waals surface area (Å²) >= 11 is 0. The van der Waals surface area contributed by atoms with Crippen molar-refractivity contribution in [1.82, 2.24) is 5.32 Å². The molecule has 0 fully saturated rings. The monoisotopic (exact) mass is 543 g/mol. The Kier molecular flexibility index (Phi) is 11.1. The number of ether oxygens (including phenoxy) is 3. The van der Waals surface area contributed by atoms with E-state index in [2.05, 4.69) is 55.1 Å². The maximum Gasteiger partial charge on any atom is 0.407 e. The molecular weight excluding hydrogens is 502 g/mol. The van der Waals surface area contributed by atoms with Gasteiger partial charge in [0.25, 0.3) is 8.32 Å². The third kappa shape index (κ3) is 8.70. The second kappa shape index (κ2) is 13.6. The predicted molar refractivity (Wildman–Crippen MR) is 149 cm³/mol. The van der Waals surface area contributed by atoms with E-state index in [1.165, 1.54) is 7.11 Å². The van der Waals surface area contributed by atoms with Gasteiger partial charge in [0.2, 0.25) is 0 Å². The summed E-state index contributed by atoms with van der Waals surface area (Å²) in [5.41, 5.74) is -0.754. The van der Waals surface area contributed by atoms with Crippen molar-refractivity contribution in [2.24, 2.45) is 0 Å². The Hall–Kier alpha value is -3.17. The van der Waals surface area contributed by atoms with Gasteiger partial charge >= 0.3 is 18.0 Å². The van der Waals surface area contributed by atoms with E-state index in [-0.39, 0.29) is 31.1 Å². The molecule has 0 bridgehead atoms. The molecule has 0 aliphatic carbocycles. The van der Waals surface area contributed by atoms with E-state index in [0.29, 0.717) is 0 Å². The second-order valence-electron chi connectivity index (χ2n) is 11.0. The molecule has 2 rings (SSSR count). The van der Waals surface area contributed by atoms with Gasteiger partial charge in [-0.3, -0.25) is 4.79 Å². The van der Waals surface area contributed by atoms with Crippen molar-refractivity contribution in [1.29, 1.82) is 0 Å². The molecule has 2 aromatic carbocycles. The minimum Gasteiger partial charge on any atom is -0.469 e. The van der Waals surface area contributed by atoms with Gasteiger partial charge in [-0.15, -0.1) is 0 Å². The van der Waals surface area contributed by atoms with Gasteiger partial charge in [0.15, 0.2) is 0 Å². The summed E-state index contributed by atoms with van der Waals surface area (Å²) in [4.78, 5) is 36.8. The molecule has 0 unspecified atom stereocenters.